The van der Waals surface area contributed by atoms with Crippen molar-refractivity contribution in [3.05, 3.63) is 77.6 Å². The van der Waals surface area contributed by atoms with Crippen LogP contribution in [0.4, 0.5) is 25.1 Å². The van der Waals surface area contributed by atoms with Gasteiger partial charge in [0, 0.05) is 60.2 Å². The molecule has 0 bridgehead atoms. The summed E-state index contributed by atoms with van der Waals surface area (Å²) in [7, 11) is 3.59. The number of methoxy groups -OCH3 is 1. The number of anilines is 2. The Labute approximate surface area is 239 Å². The number of ether oxygens (including phenoxy) is 1. The third kappa shape index (κ3) is 6.73. The zero-order chi connectivity index (χ0) is 28.9. The van der Waals surface area contributed by atoms with E-state index in [0.29, 0.717) is 23.3 Å². The van der Waals surface area contributed by atoms with E-state index >= 15 is 4.39 Å². The number of carbonyl (C=O) groups is 1. The van der Waals surface area contributed by atoms with Crippen molar-refractivity contribution >= 4 is 28.4 Å². The number of nitrogens with zero attached hydrogens (tertiary/aromatic N) is 3. The summed E-state index contributed by atoms with van der Waals surface area (Å²) in [5, 5.41) is 6.24. The molecule has 1 aliphatic rings. The average Bonchev–Trinajstić information content (AvgIpc) is 3.23. The van der Waals surface area contributed by atoms with Gasteiger partial charge in [-0.3, -0.25) is 4.98 Å². The number of pyridine rings is 2. The number of hydrogen-bond acceptors (Lipinski definition) is 5. The lowest BCUT2D eigenvalue weighted by Crippen LogP contribution is -2.37. The lowest BCUT2D eigenvalue weighted by Gasteiger charge is -2.19. The number of carbonyl (C=O) groups excluding carboxylic acids is 1. The number of nitrogens with one attached hydrogen (secondary N) is 2. The highest BCUT2D eigenvalue weighted by Crippen LogP contribution is 2.33. The van der Waals surface area contributed by atoms with Gasteiger partial charge < -0.3 is 20.3 Å². The molecule has 1 aliphatic carbocycles. The molecule has 1 fully saturated rings. The van der Waals surface area contributed by atoms with Crippen molar-refractivity contribution in [3.8, 4) is 16.9 Å². The van der Waals surface area contributed by atoms with Gasteiger partial charge in [-0.15, -0.1) is 0 Å². The Bertz CT molecular complexity index is 1540. The highest BCUT2D eigenvalue weighted by molar-refractivity contribution is 5.91. The van der Waals surface area contributed by atoms with Crippen LogP contribution >= 0.6 is 0 Å². The Morgan fingerprint density at radius 3 is 2.44 bits per heavy atom. The predicted molar refractivity (Wildman–Crippen MR) is 158 cm³/mol. The summed E-state index contributed by atoms with van der Waals surface area (Å²) in [5.41, 5.74) is 2.97. The quantitative estimate of drug-likeness (QED) is 0.231. The van der Waals surface area contributed by atoms with Gasteiger partial charge in [-0.1, -0.05) is 37.8 Å². The first kappa shape index (κ1) is 28.3. The van der Waals surface area contributed by atoms with Gasteiger partial charge in [0.15, 0.2) is 0 Å². The first-order valence-corrected chi connectivity index (χ1v) is 14.0. The maximum atomic E-state index is 15.0. The van der Waals surface area contributed by atoms with Crippen molar-refractivity contribution in [1.29, 1.82) is 0 Å². The molecule has 0 unspecified atom stereocenters. The van der Waals surface area contributed by atoms with E-state index < -0.39 is 17.7 Å². The minimum atomic E-state index is -0.833. The smallest absolute Gasteiger partial charge is 0.319 e. The summed E-state index contributed by atoms with van der Waals surface area (Å²) in [4.78, 5) is 24.0. The Kier molecular flexibility index (Phi) is 8.61. The number of aromatic nitrogens is 2. The van der Waals surface area contributed by atoms with Gasteiger partial charge in [0.05, 0.1) is 18.3 Å². The molecule has 2 aromatic carbocycles. The third-order valence-corrected chi connectivity index (χ3v) is 7.63. The Balaban J connectivity index is 1.36. The molecule has 7 nitrogen and oxygen atoms in total. The molecular weight excluding hydrogens is 524 g/mol. The molecule has 2 aromatic heterocycles. The molecule has 5 rings (SSSR count). The minimum Gasteiger partial charge on any atom is -0.497 e. The van der Waals surface area contributed by atoms with Crippen LogP contribution < -0.4 is 20.3 Å². The number of amides is 2. The number of urea groups is 1. The van der Waals surface area contributed by atoms with Crippen LogP contribution in [0.3, 0.4) is 0 Å². The van der Waals surface area contributed by atoms with Crippen molar-refractivity contribution in [1.82, 2.24) is 15.3 Å². The molecule has 2 heterocycles. The average molecular weight is 560 g/mol. The zero-order valence-corrected chi connectivity index (χ0v) is 23.6. The second-order valence-corrected chi connectivity index (χ2v) is 10.7. The van der Waals surface area contributed by atoms with E-state index in [1.807, 2.05) is 42.3 Å². The van der Waals surface area contributed by atoms with Gasteiger partial charge in [-0.25, -0.2) is 18.6 Å². The van der Waals surface area contributed by atoms with Crippen molar-refractivity contribution in [3.63, 3.8) is 0 Å². The lowest BCUT2D eigenvalue weighted by atomic mass is 10.0. The van der Waals surface area contributed by atoms with Crippen LogP contribution in [0.25, 0.3) is 22.0 Å². The van der Waals surface area contributed by atoms with Gasteiger partial charge >= 0.3 is 6.03 Å². The second kappa shape index (κ2) is 12.5. The van der Waals surface area contributed by atoms with E-state index in [1.54, 1.807) is 26.3 Å². The molecular formula is C32H35F2N5O2. The van der Waals surface area contributed by atoms with Crippen LogP contribution in [0.15, 0.2) is 54.7 Å². The topological polar surface area (TPSA) is 79.4 Å². The Morgan fingerprint density at radius 2 is 1.73 bits per heavy atom. The maximum Gasteiger partial charge on any atom is 0.319 e. The number of hydrogen-bond donors (Lipinski definition) is 2. The van der Waals surface area contributed by atoms with Crippen molar-refractivity contribution in [2.75, 3.05) is 24.4 Å². The lowest BCUT2D eigenvalue weighted by molar-refractivity contribution is 0.247. The SMILES string of the molecule is COc1ccc(CN(C)c2cc3nc(C)c(-c4cc(NC(=O)NC5CCCCCC5)c(F)cc4F)cc3cn2)cc1. The van der Waals surface area contributed by atoms with Crippen molar-refractivity contribution in [2.45, 2.75) is 58.0 Å². The normalized spacial score (nSPS) is 14.0. The first-order chi connectivity index (χ1) is 19.8. The Morgan fingerprint density at radius 1 is 1.00 bits per heavy atom. The molecule has 0 saturated heterocycles. The van der Waals surface area contributed by atoms with Crippen LogP contribution in [-0.4, -0.2) is 36.2 Å². The summed E-state index contributed by atoms with van der Waals surface area (Å²) in [6, 6.07) is 13.2. The van der Waals surface area contributed by atoms with Gasteiger partial charge in [0.2, 0.25) is 0 Å². The highest BCUT2D eigenvalue weighted by Gasteiger charge is 2.19. The largest absolute Gasteiger partial charge is 0.497 e. The van der Waals surface area contributed by atoms with E-state index in [-0.39, 0.29) is 17.3 Å². The molecule has 41 heavy (non-hydrogen) atoms. The predicted octanol–water partition coefficient (Wildman–Crippen LogP) is 7.37. The van der Waals surface area contributed by atoms with Crippen molar-refractivity contribution in [2.24, 2.45) is 0 Å². The molecule has 0 spiro atoms. The zero-order valence-electron chi connectivity index (χ0n) is 23.6. The molecule has 0 radical (unpaired) electrons. The highest BCUT2D eigenvalue weighted by atomic mass is 19.1. The van der Waals surface area contributed by atoms with Gasteiger partial charge in [0.1, 0.15) is 23.2 Å². The monoisotopic (exact) mass is 559 g/mol. The summed E-state index contributed by atoms with van der Waals surface area (Å²) in [6.45, 7) is 2.43. The fourth-order valence-electron chi connectivity index (χ4n) is 5.34. The number of aryl methyl sites for hydroxylation is 1. The summed E-state index contributed by atoms with van der Waals surface area (Å²) >= 11 is 0. The fraction of sp³-hybridized carbons (Fsp3) is 0.344. The number of benzene rings is 2. The van der Waals surface area contributed by atoms with Crippen molar-refractivity contribution < 1.29 is 18.3 Å². The minimum absolute atomic E-state index is 0.0556. The summed E-state index contributed by atoms with van der Waals surface area (Å²) in [6.07, 6.45) is 7.94. The van der Waals surface area contributed by atoms with E-state index in [2.05, 4.69) is 15.6 Å². The molecule has 0 atom stereocenters. The molecule has 2 amide bonds. The van der Waals surface area contributed by atoms with E-state index in [1.165, 1.54) is 6.07 Å². The summed E-state index contributed by atoms with van der Waals surface area (Å²) in [5.74, 6) is -0.0217. The van der Waals surface area contributed by atoms with Crippen LogP contribution in [0, 0.1) is 18.6 Å². The standard InChI is InChI=1S/C32H35F2N5O2/c1-20-25(26-15-30(28(34)16-27(26)33)38-32(40)37-23-8-6-4-5-7-9-23)14-22-18-35-31(17-29(22)36-20)39(2)19-21-10-12-24(41-3)13-11-21/h10-18,23H,4-9,19H2,1-3H3,(H2,37,38,40). The molecule has 2 N–H and O–H groups in total. The van der Waals surface area contributed by atoms with Crippen LogP contribution in [-0.2, 0) is 6.54 Å². The van der Waals surface area contributed by atoms with E-state index in [4.69, 9.17) is 9.72 Å². The number of fused-ring (bicyclic) bond motifs is 1. The number of rotatable bonds is 7. The third-order valence-electron chi connectivity index (χ3n) is 7.63. The first-order valence-electron chi connectivity index (χ1n) is 14.0. The molecule has 0 aliphatic heterocycles. The second-order valence-electron chi connectivity index (χ2n) is 10.7. The molecule has 214 valence electrons. The van der Waals surface area contributed by atoms with Gasteiger partial charge in [0.25, 0.3) is 0 Å². The molecule has 9 heteroatoms. The Hall–Kier alpha value is -4.27. The van der Waals surface area contributed by atoms with E-state index in [0.717, 1.165) is 67.1 Å². The van der Waals surface area contributed by atoms with Gasteiger partial charge in [-0.2, -0.15) is 0 Å². The van der Waals surface area contributed by atoms with Crippen LogP contribution in [0.2, 0.25) is 0 Å². The maximum absolute atomic E-state index is 15.0. The number of halogens is 2. The van der Waals surface area contributed by atoms with Crippen LogP contribution in [0.5, 0.6) is 5.75 Å². The fourth-order valence-corrected chi connectivity index (χ4v) is 5.34. The molecule has 1 saturated carbocycles. The van der Waals surface area contributed by atoms with Gasteiger partial charge in [-0.05, 0) is 49.6 Å². The van der Waals surface area contributed by atoms with Crippen LogP contribution in [0.1, 0.15) is 49.8 Å². The van der Waals surface area contributed by atoms with E-state index in [9.17, 15) is 9.18 Å². The summed E-state index contributed by atoms with van der Waals surface area (Å²) < 4.78 is 35.0. The molecule has 4 aromatic rings.